The monoisotopic (exact) mass is 156 g/mol. The predicted molar refractivity (Wildman–Crippen MR) is 47.6 cm³/mol. The van der Waals surface area contributed by atoms with E-state index < -0.39 is 0 Å². The first-order valence-electron chi connectivity index (χ1n) is 4.78. The van der Waals surface area contributed by atoms with Gasteiger partial charge in [0.15, 0.2) is 0 Å². The molecule has 1 aliphatic rings. The first-order valence-corrected chi connectivity index (χ1v) is 4.78. The van der Waals surface area contributed by atoms with Crippen LogP contribution < -0.4 is 0 Å². The molecule has 2 atom stereocenters. The Kier molecular flexibility index (Phi) is 3.38. The van der Waals surface area contributed by atoms with Crippen molar-refractivity contribution in [2.45, 2.75) is 45.6 Å². The third-order valence-electron chi connectivity index (χ3n) is 2.91. The highest BCUT2D eigenvalue weighted by Crippen LogP contribution is 2.31. The molecular weight excluding hydrogens is 136 g/mol. The summed E-state index contributed by atoms with van der Waals surface area (Å²) < 4.78 is 5.47. The van der Waals surface area contributed by atoms with E-state index in [-0.39, 0.29) is 0 Å². The number of methoxy groups -OCH3 is 1. The molecular formula is C10H20O. The van der Waals surface area contributed by atoms with Crippen molar-refractivity contribution in [3.8, 4) is 0 Å². The summed E-state index contributed by atoms with van der Waals surface area (Å²) in [6.07, 6.45) is 5.96. The lowest BCUT2D eigenvalue weighted by Crippen LogP contribution is -2.30. The minimum atomic E-state index is 0.545. The van der Waals surface area contributed by atoms with Gasteiger partial charge in [-0.25, -0.2) is 0 Å². The second-order valence-electron chi connectivity index (χ2n) is 3.97. The third kappa shape index (κ3) is 2.19. The maximum atomic E-state index is 5.47. The molecule has 0 bridgehead atoms. The molecule has 1 nitrogen and oxygen atoms in total. The summed E-state index contributed by atoms with van der Waals surface area (Å²) in [7, 11) is 1.85. The number of hydrogen-bond acceptors (Lipinski definition) is 1. The largest absolute Gasteiger partial charge is 0.381 e. The van der Waals surface area contributed by atoms with Gasteiger partial charge in [-0.3, -0.25) is 0 Å². The fourth-order valence-corrected chi connectivity index (χ4v) is 2.18. The summed E-state index contributed by atoms with van der Waals surface area (Å²) in [5.41, 5.74) is 0. The summed E-state index contributed by atoms with van der Waals surface area (Å²) >= 11 is 0. The van der Waals surface area contributed by atoms with Gasteiger partial charge in [-0.15, -0.1) is 0 Å². The van der Waals surface area contributed by atoms with Gasteiger partial charge < -0.3 is 4.74 Å². The zero-order valence-electron chi connectivity index (χ0n) is 7.97. The van der Waals surface area contributed by atoms with Crippen LogP contribution in [0.5, 0.6) is 0 Å². The van der Waals surface area contributed by atoms with Crippen LogP contribution in [0.2, 0.25) is 0 Å². The Hall–Kier alpha value is -0.0400. The van der Waals surface area contributed by atoms with Crippen LogP contribution in [0.15, 0.2) is 0 Å². The number of ether oxygens (including phenoxy) is 1. The highest BCUT2D eigenvalue weighted by molar-refractivity contribution is 4.77. The lowest BCUT2D eigenvalue weighted by molar-refractivity contribution is 0.00526. The van der Waals surface area contributed by atoms with E-state index in [2.05, 4.69) is 13.8 Å². The Labute approximate surface area is 70.1 Å². The topological polar surface area (TPSA) is 9.23 Å². The van der Waals surface area contributed by atoms with Crippen LogP contribution in [0.4, 0.5) is 0 Å². The van der Waals surface area contributed by atoms with Crippen LogP contribution in [-0.4, -0.2) is 13.2 Å². The van der Waals surface area contributed by atoms with E-state index in [1.54, 1.807) is 0 Å². The van der Waals surface area contributed by atoms with Gasteiger partial charge in [0.25, 0.3) is 0 Å². The van der Waals surface area contributed by atoms with E-state index in [0.717, 1.165) is 11.8 Å². The Balaban J connectivity index is 2.44. The van der Waals surface area contributed by atoms with Gasteiger partial charge in [0, 0.05) is 7.11 Å². The van der Waals surface area contributed by atoms with Crippen molar-refractivity contribution in [1.82, 2.24) is 0 Å². The van der Waals surface area contributed by atoms with Crippen LogP contribution in [-0.2, 0) is 4.74 Å². The molecule has 0 N–H and O–H groups in total. The van der Waals surface area contributed by atoms with E-state index in [1.807, 2.05) is 7.11 Å². The summed E-state index contributed by atoms with van der Waals surface area (Å²) in [5, 5.41) is 0. The van der Waals surface area contributed by atoms with Crippen LogP contribution >= 0.6 is 0 Å². The summed E-state index contributed by atoms with van der Waals surface area (Å²) in [6, 6.07) is 0. The van der Waals surface area contributed by atoms with Gasteiger partial charge in [0.2, 0.25) is 0 Å². The average molecular weight is 156 g/mol. The lowest BCUT2D eigenvalue weighted by atomic mass is 9.79. The molecule has 1 saturated carbocycles. The molecule has 0 aliphatic heterocycles. The molecule has 2 unspecified atom stereocenters. The molecule has 1 heteroatoms. The second-order valence-corrected chi connectivity index (χ2v) is 3.97. The van der Waals surface area contributed by atoms with Crippen molar-refractivity contribution >= 4 is 0 Å². The molecule has 0 aromatic carbocycles. The smallest absolute Gasteiger partial charge is 0.0601 e. The summed E-state index contributed by atoms with van der Waals surface area (Å²) in [4.78, 5) is 0. The van der Waals surface area contributed by atoms with Crippen molar-refractivity contribution in [3.63, 3.8) is 0 Å². The zero-order valence-corrected chi connectivity index (χ0v) is 7.97. The van der Waals surface area contributed by atoms with E-state index in [4.69, 9.17) is 4.74 Å². The van der Waals surface area contributed by atoms with Crippen LogP contribution in [0.1, 0.15) is 39.5 Å². The highest BCUT2D eigenvalue weighted by Gasteiger charge is 2.26. The maximum absolute atomic E-state index is 5.47. The van der Waals surface area contributed by atoms with E-state index in [0.29, 0.717) is 6.10 Å². The van der Waals surface area contributed by atoms with Gasteiger partial charge >= 0.3 is 0 Å². The predicted octanol–water partition coefficient (Wildman–Crippen LogP) is 2.85. The fraction of sp³-hybridized carbons (Fsp3) is 1.00. The van der Waals surface area contributed by atoms with Crippen molar-refractivity contribution in [3.05, 3.63) is 0 Å². The van der Waals surface area contributed by atoms with Crippen LogP contribution in [0.25, 0.3) is 0 Å². The molecule has 0 heterocycles. The molecule has 1 fully saturated rings. The molecule has 0 aromatic heterocycles. The Morgan fingerprint density at radius 3 is 2.27 bits per heavy atom. The van der Waals surface area contributed by atoms with Crippen molar-refractivity contribution in [2.75, 3.05) is 7.11 Å². The molecule has 11 heavy (non-hydrogen) atoms. The Morgan fingerprint density at radius 1 is 1.18 bits per heavy atom. The second kappa shape index (κ2) is 4.10. The molecule has 0 spiro atoms. The highest BCUT2D eigenvalue weighted by atomic mass is 16.5. The van der Waals surface area contributed by atoms with E-state index in [1.165, 1.54) is 25.7 Å². The van der Waals surface area contributed by atoms with Crippen molar-refractivity contribution in [2.24, 2.45) is 11.8 Å². The van der Waals surface area contributed by atoms with Crippen LogP contribution in [0, 0.1) is 11.8 Å². The average Bonchev–Trinajstić information content (AvgIpc) is 2.04. The summed E-state index contributed by atoms with van der Waals surface area (Å²) in [5.74, 6) is 1.61. The summed E-state index contributed by atoms with van der Waals surface area (Å²) in [6.45, 7) is 4.62. The van der Waals surface area contributed by atoms with Gasteiger partial charge in [-0.2, -0.15) is 0 Å². The Bertz CT molecular complexity index is 109. The number of rotatable bonds is 2. The normalized spacial score (nSPS) is 32.7. The maximum Gasteiger partial charge on any atom is 0.0601 e. The quantitative estimate of drug-likeness (QED) is 0.597. The number of hydrogen-bond donors (Lipinski definition) is 0. The Morgan fingerprint density at radius 2 is 1.82 bits per heavy atom. The lowest BCUT2D eigenvalue weighted by Gasteiger charge is -2.33. The van der Waals surface area contributed by atoms with Gasteiger partial charge in [-0.05, 0) is 24.7 Å². The molecule has 0 aromatic rings. The van der Waals surface area contributed by atoms with Crippen LogP contribution in [0.3, 0.4) is 0 Å². The standard InChI is InChI=1S/C10H20O/c1-8(2)9-6-4-5-7-10(9)11-3/h8-10H,4-7H2,1-3H3. The van der Waals surface area contributed by atoms with Gasteiger partial charge in [0.1, 0.15) is 0 Å². The van der Waals surface area contributed by atoms with E-state index in [9.17, 15) is 0 Å². The molecule has 1 rings (SSSR count). The molecule has 1 aliphatic carbocycles. The van der Waals surface area contributed by atoms with Gasteiger partial charge in [-0.1, -0.05) is 26.7 Å². The van der Waals surface area contributed by atoms with Gasteiger partial charge in [0.05, 0.1) is 6.10 Å². The first-order chi connectivity index (χ1) is 5.25. The SMILES string of the molecule is COC1CCCCC1C(C)C. The molecule has 0 saturated heterocycles. The third-order valence-corrected chi connectivity index (χ3v) is 2.91. The minimum Gasteiger partial charge on any atom is -0.381 e. The molecule has 0 amide bonds. The molecule has 0 radical (unpaired) electrons. The van der Waals surface area contributed by atoms with Crippen molar-refractivity contribution in [1.29, 1.82) is 0 Å². The zero-order chi connectivity index (χ0) is 8.27. The van der Waals surface area contributed by atoms with Crippen molar-refractivity contribution < 1.29 is 4.74 Å². The fourth-order valence-electron chi connectivity index (χ4n) is 2.18. The minimum absolute atomic E-state index is 0.545. The van der Waals surface area contributed by atoms with E-state index >= 15 is 0 Å². The first kappa shape index (κ1) is 9.05. The molecule has 66 valence electrons.